The molecule has 1 aromatic heterocycles. The largest absolute Gasteiger partial charge is 0.487 e. The Morgan fingerprint density at radius 1 is 1.20 bits per heavy atom. The summed E-state index contributed by atoms with van der Waals surface area (Å²) in [5, 5.41) is 0. The van der Waals surface area contributed by atoms with Gasteiger partial charge >= 0.3 is 0 Å². The summed E-state index contributed by atoms with van der Waals surface area (Å²) in [7, 11) is 0. The van der Waals surface area contributed by atoms with Crippen LogP contribution < -0.4 is 10.5 Å². The summed E-state index contributed by atoms with van der Waals surface area (Å²) in [4.78, 5) is 4.29. The summed E-state index contributed by atoms with van der Waals surface area (Å²) < 4.78 is 16.7. The number of aromatic nitrogens is 1. The lowest BCUT2D eigenvalue weighted by Crippen LogP contribution is -2.06. The van der Waals surface area contributed by atoms with Gasteiger partial charge < -0.3 is 19.9 Å². The molecule has 0 aliphatic carbocycles. The zero-order chi connectivity index (χ0) is 13.8. The number of ether oxygens (including phenoxy) is 3. The molecule has 1 aromatic carbocycles. The number of nitrogens with zero attached hydrogens (tertiary/aromatic N) is 1. The van der Waals surface area contributed by atoms with Crippen molar-refractivity contribution in [3.05, 3.63) is 53.9 Å². The number of hydrogen-bond acceptors (Lipinski definition) is 5. The molecule has 104 valence electrons. The molecule has 0 saturated carbocycles. The normalized spacial score (nSPS) is 15.4. The fraction of sp³-hybridized carbons (Fsp3) is 0.267. The number of benzene rings is 1. The number of nitrogen functional groups attached to an aromatic ring is 1. The monoisotopic (exact) mass is 272 g/mol. The van der Waals surface area contributed by atoms with E-state index >= 15 is 0 Å². The van der Waals surface area contributed by atoms with Crippen LogP contribution in [0.5, 0.6) is 5.75 Å². The van der Waals surface area contributed by atoms with Crippen LogP contribution in [0.3, 0.4) is 0 Å². The number of anilines is 1. The molecule has 2 N–H and O–H groups in total. The Balaban J connectivity index is 1.74. The van der Waals surface area contributed by atoms with Gasteiger partial charge in [-0.25, -0.2) is 0 Å². The molecule has 1 saturated heterocycles. The van der Waals surface area contributed by atoms with E-state index in [0.717, 1.165) is 11.3 Å². The van der Waals surface area contributed by atoms with E-state index in [1.165, 1.54) is 0 Å². The Hall–Kier alpha value is -2.11. The van der Waals surface area contributed by atoms with Gasteiger partial charge in [0.05, 0.1) is 13.2 Å². The summed E-state index contributed by atoms with van der Waals surface area (Å²) in [6, 6.07) is 11.3. The summed E-state index contributed by atoms with van der Waals surface area (Å²) >= 11 is 0. The number of pyridine rings is 1. The van der Waals surface area contributed by atoms with Gasteiger partial charge in [-0.3, -0.25) is 4.98 Å². The molecular formula is C15H16N2O3. The summed E-state index contributed by atoms with van der Waals surface area (Å²) in [6.07, 6.45) is 1.26. The zero-order valence-electron chi connectivity index (χ0n) is 11.0. The highest BCUT2D eigenvalue weighted by Gasteiger charge is 2.23. The van der Waals surface area contributed by atoms with E-state index < -0.39 is 6.29 Å². The second-order valence-electron chi connectivity index (χ2n) is 4.49. The van der Waals surface area contributed by atoms with E-state index in [9.17, 15) is 0 Å². The van der Waals surface area contributed by atoms with Gasteiger partial charge in [0.2, 0.25) is 6.29 Å². The molecule has 0 amide bonds. The van der Waals surface area contributed by atoms with Gasteiger partial charge in [0.25, 0.3) is 0 Å². The molecule has 2 aromatic rings. The molecule has 1 fully saturated rings. The summed E-state index contributed by atoms with van der Waals surface area (Å²) in [5.41, 5.74) is 8.15. The van der Waals surface area contributed by atoms with E-state index in [1.807, 2.05) is 36.4 Å². The van der Waals surface area contributed by atoms with Crippen molar-refractivity contribution in [3.8, 4) is 5.75 Å². The molecule has 3 rings (SSSR count). The highest BCUT2D eigenvalue weighted by Crippen LogP contribution is 2.29. The quantitative estimate of drug-likeness (QED) is 0.865. The lowest BCUT2D eigenvalue weighted by Gasteiger charge is -2.14. The van der Waals surface area contributed by atoms with Crippen LogP contribution >= 0.6 is 0 Å². The van der Waals surface area contributed by atoms with Crippen molar-refractivity contribution in [1.82, 2.24) is 4.98 Å². The maximum Gasteiger partial charge on any atom is 0.204 e. The molecule has 2 heterocycles. The Bertz CT molecular complexity index is 583. The molecule has 0 atom stereocenters. The standard InChI is InChI=1S/C15H16N2O3/c16-12-4-1-3-11(9-12)10-20-13-5-2-6-17-14(13)15-18-7-8-19-15/h1-6,9,15H,7-8,10,16H2. The second-order valence-corrected chi connectivity index (χ2v) is 4.49. The Morgan fingerprint density at radius 2 is 2.05 bits per heavy atom. The van der Waals surface area contributed by atoms with Gasteiger partial charge in [-0.05, 0) is 29.8 Å². The van der Waals surface area contributed by atoms with E-state index in [4.69, 9.17) is 19.9 Å². The maximum atomic E-state index is 5.81. The van der Waals surface area contributed by atoms with Crippen LogP contribution in [0.2, 0.25) is 0 Å². The summed E-state index contributed by atoms with van der Waals surface area (Å²) in [6.45, 7) is 1.59. The van der Waals surface area contributed by atoms with Crippen molar-refractivity contribution in [1.29, 1.82) is 0 Å². The molecule has 5 nitrogen and oxygen atoms in total. The molecule has 1 aliphatic heterocycles. The van der Waals surface area contributed by atoms with Crippen LogP contribution in [0.4, 0.5) is 5.69 Å². The van der Waals surface area contributed by atoms with Gasteiger partial charge in [0.1, 0.15) is 18.1 Å². The highest BCUT2D eigenvalue weighted by molar-refractivity contribution is 5.40. The van der Waals surface area contributed by atoms with Gasteiger partial charge in [-0.2, -0.15) is 0 Å². The lowest BCUT2D eigenvalue weighted by molar-refractivity contribution is -0.0491. The molecule has 0 radical (unpaired) electrons. The van der Waals surface area contributed by atoms with Crippen LogP contribution in [0, 0.1) is 0 Å². The van der Waals surface area contributed by atoms with E-state index in [1.54, 1.807) is 6.20 Å². The summed E-state index contributed by atoms with van der Waals surface area (Å²) in [5.74, 6) is 0.668. The molecule has 20 heavy (non-hydrogen) atoms. The number of rotatable bonds is 4. The number of nitrogens with two attached hydrogens (primary N) is 1. The Kier molecular flexibility index (Phi) is 3.80. The minimum atomic E-state index is -0.438. The average molecular weight is 272 g/mol. The highest BCUT2D eigenvalue weighted by atomic mass is 16.7. The van der Waals surface area contributed by atoms with Crippen LogP contribution in [0.25, 0.3) is 0 Å². The fourth-order valence-corrected chi connectivity index (χ4v) is 2.06. The van der Waals surface area contributed by atoms with E-state index in [2.05, 4.69) is 4.98 Å². The Morgan fingerprint density at radius 3 is 2.85 bits per heavy atom. The predicted octanol–water partition coefficient (Wildman–Crippen LogP) is 2.29. The van der Waals surface area contributed by atoms with Crippen LogP contribution in [-0.2, 0) is 16.1 Å². The lowest BCUT2D eigenvalue weighted by atomic mass is 10.2. The molecular weight excluding hydrogens is 256 g/mol. The third-order valence-corrected chi connectivity index (χ3v) is 2.99. The topological polar surface area (TPSA) is 66.6 Å². The van der Waals surface area contributed by atoms with Crippen LogP contribution in [-0.4, -0.2) is 18.2 Å². The maximum absolute atomic E-state index is 5.81. The van der Waals surface area contributed by atoms with Crippen molar-refractivity contribution in [2.75, 3.05) is 18.9 Å². The first kappa shape index (κ1) is 12.9. The van der Waals surface area contributed by atoms with Gasteiger partial charge in [-0.15, -0.1) is 0 Å². The first-order valence-corrected chi connectivity index (χ1v) is 6.48. The third kappa shape index (κ3) is 2.89. The minimum absolute atomic E-state index is 0.427. The smallest absolute Gasteiger partial charge is 0.204 e. The van der Waals surface area contributed by atoms with Crippen molar-refractivity contribution in [3.63, 3.8) is 0 Å². The van der Waals surface area contributed by atoms with Crippen LogP contribution in [0.15, 0.2) is 42.6 Å². The van der Waals surface area contributed by atoms with Gasteiger partial charge in [0.15, 0.2) is 0 Å². The average Bonchev–Trinajstić information content (AvgIpc) is 3.00. The van der Waals surface area contributed by atoms with Crippen molar-refractivity contribution < 1.29 is 14.2 Å². The van der Waals surface area contributed by atoms with E-state index in [0.29, 0.717) is 31.3 Å². The first-order valence-electron chi connectivity index (χ1n) is 6.48. The predicted molar refractivity (Wildman–Crippen MR) is 74.1 cm³/mol. The molecule has 0 spiro atoms. The Labute approximate surface area is 117 Å². The SMILES string of the molecule is Nc1cccc(COc2cccnc2C2OCCO2)c1. The molecule has 0 unspecified atom stereocenters. The molecule has 1 aliphatic rings. The van der Waals surface area contributed by atoms with Crippen molar-refractivity contribution >= 4 is 5.69 Å². The molecule has 0 bridgehead atoms. The minimum Gasteiger partial charge on any atom is -0.487 e. The van der Waals surface area contributed by atoms with Gasteiger partial charge in [-0.1, -0.05) is 12.1 Å². The van der Waals surface area contributed by atoms with Crippen molar-refractivity contribution in [2.45, 2.75) is 12.9 Å². The molecule has 5 heteroatoms. The zero-order valence-corrected chi connectivity index (χ0v) is 11.0. The van der Waals surface area contributed by atoms with E-state index in [-0.39, 0.29) is 0 Å². The van der Waals surface area contributed by atoms with Crippen molar-refractivity contribution in [2.24, 2.45) is 0 Å². The van der Waals surface area contributed by atoms with Gasteiger partial charge in [0, 0.05) is 11.9 Å². The first-order chi connectivity index (χ1) is 9.83. The number of hydrogen-bond donors (Lipinski definition) is 1. The van der Waals surface area contributed by atoms with Crippen LogP contribution in [0.1, 0.15) is 17.5 Å². The third-order valence-electron chi connectivity index (χ3n) is 2.99. The second kappa shape index (κ2) is 5.90. The fourth-order valence-electron chi connectivity index (χ4n) is 2.06.